The molecule has 0 fully saturated rings. The first-order valence-electron chi connectivity index (χ1n) is 12.8. The van der Waals surface area contributed by atoms with Crippen molar-refractivity contribution in [3.63, 3.8) is 0 Å². The summed E-state index contributed by atoms with van der Waals surface area (Å²) in [5.41, 5.74) is 0.417. The Kier molecular flexibility index (Phi) is 11.8. The van der Waals surface area contributed by atoms with Gasteiger partial charge in [0.05, 0.1) is 18.1 Å². The molecule has 2 N–H and O–H groups in total. The van der Waals surface area contributed by atoms with Crippen LogP contribution in [-0.4, -0.2) is 45.2 Å². The molecule has 0 spiro atoms. The zero-order chi connectivity index (χ0) is 29.1. The van der Waals surface area contributed by atoms with E-state index in [0.717, 1.165) is 5.56 Å². The maximum Gasteiger partial charge on any atom is 0.324 e. The van der Waals surface area contributed by atoms with Crippen molar-refractivity contribution >= 4 is 22.0 Å². The average Bonchev–Trinajstić information content (AvgIpc) is 2.88. The molecule has 39 heavy (non-hydrogen) atoms. The first-order valence-corrected chi connectivity index (χ1v) is 14.3. The number of rotatable bonds is 14. The van der Waals surface area contributed by atoms with Crippen LogP contribution in [0.2, 0.25) is 0 Å². The second-order valence-electron chi connectivity index (χ2n) is 9.26. The largest absolute Gasteiger partial charge is 0.508 e. The van der Waals surface area contributed by atoms with E-state index >= 15 is 0 Å². The highest BCUT2D eigenvalue weighted by Gasteiger charge is 2.48. The number of hydrogen-bond donors (Lipinski definition) is 2. The van der Waals surface area contributed by atoms with Crippen molar-refractivity contribution in [1.29, 1.82) is 0 Å². The molecule has 0 heterocycles. The Labute approximate surface area is 231 Å². The van der Waals surface area contributed by atoms with Crippen LogP contribution in [0, 0.1) is 24.7 Å². The van der Waals surface area contributed by atoms with E-state index in [-0.39, 0.29) is 43.2 Å². The van der Waals surface area contributed by atoms with Gasteiger partial charge in [-0.2, -0.15) is 0 Å². The van der Waals surface area contributed by atoms with E-state index in [2.05, 4.69) is 10.6 Å². The number of carbonyl (C=O) groups is 2. The third kappa shape index (κ3) is 8.44. The highest BCUT2D eigenvalue weighted by Crippen LogP contribution is 2.36. The average molecular weight is 556 g/mol. The van der Waals surface area contributed by atoms with Crippen LogP contribution in [0.5, 0.6) is 5.75 Å². The van der Waals surface area contributed by atoms with Crippen molar-refractivity contribution in [2.75, 3.05) is 19.8 Å². The number of esters is 2. The van der Waals surface area contributed by atoms with Gasteiger partial charge >= 0.3 is 11.9 Å². The lowest BCUT2D eigenvalue weighted by Crippen LogP contribution is -2.42. The third-order valence-electron chi connectivity index (χ3n) is 6.22. The summed E-state index contributed by atoms with van der Waals surface area (Å²) in [6, 6.07) is 13.3. The molecule has 2 aromatic rings. The summed E-state index contributed by atoms with van der Waals surface area (Å²) in [6.45, 7) is 7.09. The number of phenolic OH excluding ortho intramolecular Hbond substituents is 1. The van der Waals surface area contributed by atoms with E-state index in [1.165, 1.54) is 12.1 Å². The van der Waals surface area contributed by atoms with Crippen LogP contribution < -0.4 is 4.72 Å². The van der Waals surface area contributed by atoms with Gasteiger partial charge in [0.15, 0.2) is 5.41 Å². The molecular formula is C30H37NO7S. The number of carbonyl (C=O) groups excluding carboxylic acids is 2. The number of hydrogen-bond acceptors (Lipinski definition) is 7. The van der Waals surface area contributed by atoms with E-state index < -0.39 is 33.3 Å². The topological polar surface area (TPSA) is 119 Å². The monoisotopic (exact) mass is 555 g/mol. The Morgan fingerprint density at radius 1 is 1.08 bits per heavy atom. The minimum atomic E-state index is -3.74. The predicted molar refractivity (Wildman–Crippen MR) is 149 cm³/mol. The zero-order valence-electron chi connectivity index (χ0n) is 22.9. The molecule has 0 saturated carbocycles. The molecule has 1 atom stereocenters. The lowest BCUT2D eigenvalue weighted by Gasteiger charge is -2.28. The third-order valence-corrected chi connectivity index (χ3v) is 7.69. The van der Waals surface area contributed by atoms with Gasteiger partial charge < -0.3 is 14.6 Å². The molecule has 2 rings (SSSR count). The first-order chi connectivity index (χ1) is 18.5. The highest BCUT2D eigenvalue weighted by atomic mass is 32.2. The van der Waals surface area contributed by atoms with Crippen LogP contribution in [-0.2, 0) is 29.1 Å². The molecule has 8 nitrogen and oxygen atoms in total. The molecule has 9 heteroatoms. The van der Waals surface area contributed by atoms with E-state index in [1.807, 2.05) is 6.92 Å². The Hall–Kier alpha value is -3.61. The van der Waals surface area contributed by atoms with Crippen molar-refractivity contribution in [3.05, 3.63) is 71.3 Å². The van der Waals surface area contributed by atoms with Crippen molar-refractivity contribution in [3.8, 4) is 18.1 Å². The SMILES string of the molecule is C#CCC(C/C(C)=C/C(CCNS(=O)(=O)c1ccc(C)cc1)c1ccccc1O)(C(=O)OCC)C(=O)OCC. The predicted octanol–water partition coefficient (Wildman–Crippen LogP) is 4.63. The highest BCUT2D eigenvalue weighted by molar-refractivity contribution is 7.89. The molecule has 0 amide bonds. The lowest BCUT2D eigenvalue weighted by atomic mass is 9.77. The maximum absolute atomic E-state index is 13.0. The standard InChI is InChI=1S/C30H37NO7S/c1-6-18-30(28(33)37-7-2,29(34)38-8-3)21-23(5)20-24(26-11-9-10-12-27(26)32)17-19-31-39(35,36)25-15-13-22(4)14-16-25/h1,9-16,20,24,31-32H,7-8,17-19,21H2,2-5H3/b23-20+. The minimum absolute atomic E-state index is 0.0404. The fourth-order valence-electron chi connectivity index (χ4n) is 4.30. The number of para-hydroxylation sites is 1. The molecule has 1 unspecified atom stereocenters. The summed E-state index contributed by atoms with van der Waals surface area (Å²) in [5.74, 6) is 0.477. The van der Waals surface area contributed by atoms with Crippen LogP contribution in [0.15, 0.2) is 65.1 Å². The maximum atomic E-state index is 13.0. The molecule has 0 saturated heterocycles. The van der Waals surface area contributed by atoms with E-state index in [4.69, 9.17) is 15.9 Å². The summed E-state index contributed by atoms with van der Waals surface area (Å²) >= 11 is 0. The minimum Gasteiger partial charge on any atom is -0.508 e. The van der Waals surface area contributed by atoms with Gasteiger partial charge in [0.2, 0.25) is 10.0 Å². The summed E-state index contributed by atoms with van der Waals surface area (Å²) in [6.07, 6.45) is 7.37. The Bertz CT molecular complexity index is 1290. The van der Waals surface area contributed by atoms with Crippen molar-refractivity contribution < 1.29 is 32.6 Å². The number of terminal acetylenes is 1. The van der Waals surface area contributed by atoms with Gasteiger partial charge in [-0.25, -0.2) is 13.1 Å². The Morgan fingerprint density at radius 2 is 1.67 bits per heavy atom. The zero-order valence-corrected chi connectivity index (χ0v) is 23.7. The molecule has 2 aromatic carbocycles. The number of nitrogens with one attached hydrogen (secondary N) is 1. The molecule has 0 aromatic heterocycles. The van der Waals surface area contributed by atoms with E-state index in [1.54, 1.807) is 63.2 Å². The van der Waals surface area contributed by atoms with Crippen molar-refractivity contribution in [2.24, 2.45) is 5.41 Å². The van der Waals surface area contributed by atoms with Crippen LogP contribution in [0.25, 0.3) is 0 Å². The summed E-state index contributed by atoms with van der Waals surface area (Å²) < 4.78 is 38.6. The van der Waals surface area contributed by atoms with Crippen LogP contribution in [0.4, 0.5) is 0 Å². The van der Waals surface area contributed by atoms with Gasteiger partial charge in [-0.15, -0.1) is 12.3 Å². The summed E-state index contributed by atoms with van der Waals surface area (Å²) in [4.78, 5) is 26.1. The van der Waals surface area contributed by atoms with Gasteiger partial charge in [-0.1, -0.05) is 47.5 Å². The smallest absolute Gasteiger partial charge is 0.324 e. The second kappa shape index (κ2) is 14.5. The fraction of sp³-hybridized carbons (Fsp3) is 0.400. The first kappa shape index (κ1) is 31.6. The Morgan fingerprint density at radius 3 is 2.21 bits per heavy atom. The van der Waals surface area contributed by atoms with Gasteiger partial charge in [0.1, 0.15) is 5.75 Å². The molecule has 0 radical (unpaired) electrons. The number of allylic oxidation sites excluding steroid dienone is 2. The van der Waals surface area contributed by atoms with Crippen LogP contribution in [0.3, 0.4) is 0 Å². The summed E-state index contributed by atoms with van der Waals surface area (Å²) in [7, 11) is -3.74. The number of aromatic hydroxyl groups is 1. The van der Waals surface area contributed by atoms with Crippen LogP contribution >= 0.6 is 0 Å². The van der Waals surface area contributed by atoms with Gasteiger partial charge in [-0.05, 0) is 58.7 Å². The number of aryl methyl sites for hydroxylation is 1. The van der Waals surface area contributed by atoms with Gasteiger partial charge in [0.25, 0.3) is 0 Å². The molecule has 210 valence electrons. The second-order valence-corrected chi connectivity index (χ2v) is 11.0. The van der Waals surface area contributed by atoms with Crippen molar-refractivity contribution in [2.45, 2.75) is 57.8 Å². The van der Waals surface area contributed by atoms with Gasteiger partial charge in [-0.3, -0.25) is 9.59 Å². The Balaban J connectivity index is 2.38. The van der Waals surface area contributed by atoms with Crippen molar-refractivity contribution in [1.82, 2.24) is 4.72 Å². The molecule has 0 bridgehead atoms. The molecule has 0 aliphatic rings. The molecular weight excluding hydrogens is 518 g/mol. The number of benzene rings is 2. The lowest BCUT2D eigenvalue weighted by molar-refractivity contribution is -0.171. The van der Waals surface area contributed by atoms with Gasteiger partial charge in [0, 0.05) is 24.4 Å². The fourth-order valence-corrected chi connectivity index (χ4v) is 5.35. The molecule has 0 aliphatic heterocycles. The number of sulfonamides is 1. The normalized spacial score (nSPS) is 12.8. The molecule has 0 aliphatic carbocycles. The quantitative estimate of drug-likeness (QED) is 0.151. The summed E-state index contributed by atoms with van der Waals surface area (Å²) in [5, 5.41) is 10.5. The number of phenols is 1. The number of ether oxygens (including phenoxy) is 2. The van der Waals surface area contributed by atoms with Crippen LogP contribution in [0.1, 0.15) is 57.1 Å². The van der Waals surface area contributed by atoms with E-state index in [9.17, 15) is 23.1 Å². The van der Waals surface area contributed by atoms with E-state index in [0.29, 0.717) is 17.6 Å².